The number of anilines is 1. The molecular formula is C16H25N3O2. The van der Waals surface area contributed by atoms with Gasteiger partial charge >= 0.3 is 0 Å². The maximum Gasteiger partial charge on any atom is 0.252 e. The van der Waals surface area contributed by atoms with Gasteiger partial charge in [-0.25, -0.2) is 4.98 Å². The van der Waals surface area contributed by atoms with Crippen LogP contribution in [-0.2, 0) is 4.74 Å². The highest BCUT2D eigenvalue weighted by Crippen LogP contribution is 2.30. The number of piperidine rings is 1. The van der Waals surface area contributed by atoms with Gasteiger partial charge < -0.3 is 15.0 Å². The molecule has 0 saturated carbocycles. The zero-order chi connectivity index (χ0) is 15.3. The molecule has 0 bridgehead atoms. The van der Waals surface area contributed by atoms with Crippen molar-refractivity contribution in [3.63, 3.8) is 0 Å². The van der Waals surface area contributed by atoms with Crippen molar-refractivity contribution in [1.82, 2.24) is 10.3 Å². The molecule has 1 fully saturated rings. The van der Waals surface area contributed by atoms with Gasteiger partial charge in [0.05, 0.1) is 12.2 Å². The van der Waals surface area contributed by atoms with E-state index in [0.29, 0.717) is 24.1 Å². The quantitative estimate of drug-likeness (QED) is 0.844. The largest absolute Gasteiger partial charge is 0.383 e. The van der Waals surface area contributed by atoms with Gasteiger partial charge in [-0.05, 0) is 30.4 Å². The first-order chi connectivity index (χ1) is 10.0. The lowest BCUT2D eigenvalue weighted by atomic mass is 9.84. The van der Waals surface area contributed by atoms with Crippen molar-refractivity contribution in [2.75, 3.05) is 38.3 Å². The maximum absolute atomic E-state index is 11.9. The summed E-state index contributed by atoms with van der Waals surface area (Å²) in [6.45, 7) is 7.65. The molecule has 2 heterocycles. The van der Waals surface area contributed by atoms with E-state index in [-0.39, 0.29) is 5.91 Å². The van der Waals surface area contributed by atoms with E-state index in [1.54, 1.807) is 13.3 Å². The molecule has 0 spiro atoms. The van der Waals surface area contributed by atoms with E-state index in [0.717, 1.165) is 18.9 Å². The lowest BCUT2D eigenvalue weighted by Crippen LogP contribution is -2.40. The highest BCUT2D eigenvalue weighted by molar-refractivity contribution is 5.94. The molecule has 0 aromatic carbocycles. The van der Waals surface area contributed by atoms with Crippen LogP contribution < -0.4 is 10.2 Å². The topological polar surface area (TPSA) is 54.5 Å². The number of ether oxygens (including phenoxy) is 1. The van der Waals surface area contributed by atoms with Crippen LogP contribution in [0.3, 0.4) is 0 Å². The SMILES string of the molecule is COCCNC(=O)c1ccc(N2CCCC(C)(C)C2)nc1. The molecule has 1 aliphatic heterocycles. The molecule has 0 aliphatic carbocycles. The number of nitrogens with one attached hydrogen (secondary N) is 1. The van der Waals surface area contributed by atoms with Gasteiger partial charge in [0.1, 0.15) is 5.82 Å². The second-order valence-electron chi connectivity index (χ2n) is 6.34. The van der Waals surface area contributed by atoms with Gasteiger partial charge in [-0.2, -0.15) is 0 Å². The molecule has 1 aromatic heterocycles. The van der Waals surface area contributed by atoms with E-state index in [1.807, 2.05) is 12.1 Å². The Balaban J connectivity index is 1.97. The van der Waals surface area contributed by atoms with Crippen LogP contribution in [0, 0.1) is 5.41 Å². The summed E-state index contributed by atoms with van der Waals surface area (Å²) in [7, 11) is 1.61. The first kappa shape index (κ1) is 15.8. The van der Waals surface area contributed by atoms with E-state index >= 15 is 0 Å². The number of aromatic nitrogens is 1. The molecule has 1 aliphatic rings. The average Bonchev–Trinajstić information content (AvgIpc) is 2.46. The van der Waals surface area contributed by atoms with Crippen LogP contribution in [-0.4, -0.2) is 44.2 Å². The third-order valence-electron chi connectivity index (χ3n) is 3.83. The zero-order valence-electron chi connectivity index (χ0n) is 13.2. The Morgan fingerprint density at radius 3 is 2.90 bits per heavy atom. The number of amides is 1. The average molecular weight is 291 g/mol. The van der Waals surface area contributed by atoms with Crippen molar-refractivity contribution < 1.29 is 9.53 Å². The molecule has 1 N–H and O–H groups in total. The van der Waals surface area contributed by atoms with Gasteiger partial charge in [0.25, 0.3) is 5.91 Å². The fourth-order valence-corrected chi connectivity index (χ4v) is 2.69. The van der Waals surface area contributed by atoms with Crippen LogP contribution in [0.15, 0.2) is 18.3 Å². The lowest BCUT2D eigenvalue weighted by molar-refractivity contribution is 0.0936. The molecule has 116 valence electrons. The Hall–Kier alpha value is -1.62. The zero-order valence-corrected chi connectivity index (χ0v) is 13.2. The fraction of sp³-hybridized carbons (Fsp3) is 0.625. The number of carbonyl (C=O) groups is 1. The molecule has 0 atom stereocenters. The van der Waals surface area contributed by atoms with E-state index in [4.69, 9.17) is 4.74 Å². The molecular weight excluding hydrogens is 266 g/mol. The monoisotopic (exact) mass is 291 g/mol. The number of carbonyl (C=O) groups excluding carboxylic acids is 1. The van der Waals surface area contributed by atoms with Gasteiger partial charge in [-0.1, -0.05) is 13.8 Å². The van der Waals surface area contributed by atoms with Crippen molar-refractivity contribution >= 4 is 11.7 Å². The van der Waals surface area contributed by atoms with Gasteiger partial charge in [0.2, 0.25) is 0 Å². The Kier molecular flexibility index (Phi) is 5.17. The molecule has 5 nitrogen and oxygen atoms in total. The lowest BCUT2D eigenvalue weighted by Gasteiger charge is -2.38. The molecule has 5 heteroatoms. The van der Waals surface area contributed by atoms with Crippen molar-refractivity contribution in [2.24, 2.45) is 5.41 Å². The standard InChI is InChI=1S/C16H25N3O2/c1-16(2)7-4-9-19(12-16)14-6-5-13(11-18-14)15(20)17-8-10-21-3/h5-6,11H,4,7-10,12H2,1-3H3,(H,17,20). The summed E-state index contributed by atoms with van der Waals surface area (Å²) in [6.07, 6.45) is 4.09. The normalized spacial score (nSPS) is 17.6. The van der Waals surface area contributed by atoms with Crippen molar-refractivity contribution in [3.05, 3.63) is 23.9 Å². The number of methoxy groups -OCH3 is 1. The van der Waals surface area contributed by atoms with Crippen LogP contribution in [0.4, 0.5) is 5.82 Å². The Bertz CT molecular complexity index is 471. The number of nitrogens with zero attached hydrogens (tertiary/aromatic N) is 2. The van der Waals surface area contributed by atoms with Gasteiger partial charge in [-0.3, -0.25) is 4.79 Å². The minimum Gasteiger partial charge on any atom is -0.383 e. The third kappa shape index (κ3) is 4.43. The molecule has 1 aromatic rings. The predicted octanol–water partition coefficient (Wildman–Crippen LogP) is 2.08. The minimum atomic E-state index is -0.106. The maximum atomic E-state index is 11.9. The van der Waals surface area contributed by atoms with Crippen LogP contribution >= 0.6 is 0 Å². The number of hydrogen-bond acceptors (Lipinski definition) is 4. The number of rotatable bonds is 5. The van der Waals surface area contributed by atoms with Crippen LogP contribution in [0.25, 0.3) is 0 Å². The van der Waals surface area contributed by atoms with Crippen molar-refractivity contribution in [3.8, 4) is 0 Å². The Labute approximate surface area is 126 Å². The van der Waals surface area contributed by atoms with E-state index in [9.17, 15) is 4.79 Å². The summed E-state index contributed by atoms with van der Waals surface area (Å²) in [6, 6.07) is 3.78. The second kappa shape index (κ2) is 6.89. The number of hydrogen-bond donors (Lipinski definition) is 1. The van der Waals surface area contributed by atoms with Crippen molar-refractivity contribution in [2.45, 2.75) is 26.7 Å². The molecule has 1 amide bonds. The molecule has 0 unspecified atom stereocenters. The van der Waals surface area contributed by atoms with Crippen molar-refractivity contribution in [1.29, 1.82) is 0 Å². The summed E-state index contributed by atoms with van der Waals surface area (Å²) in [5.74, 6) is 0.848. The summed E-state index contributed by atoms with van der Waals surface area (Å²) < 4.78 is 4.91. The predicted molar refractivity (Wildman–Crippen MR) is 83.7 cm³/mol. The van der Waals surface area contributed by atoms with Gasteiger partial charge in [0, 0.05) is 32.9 Å². The smallest absolute Gasteiger partial charge is 0.252 e. The fourth-order valence-electron chi connectivity index (χ4n) is 2.69. The summed E-state index contributed by atoms with van der Waals surface area (Å²) in [4.78, 5) is 18.6. The van der Waals surface area contributed by atoms with Gasteiger partial charge in [0.15, 0.2) is 0 Å². The summed E-state index contributed by atoms with van der Waals surface area (Å²) in [5, 5.41) is 2.79. The van der Waals surface area contributed by atoms with E-state index in [2.05, 4.69) is 29.0 Å². The van der Waals surface area contributed by atoms with Crippen LogP contribution in [0.2, 0.25) is 0 Å². The first-order valence-corrected chi connectivity index (χ1v) is 7.50. The molecule has 21 heavy (non-hydrogen) atoms. The Morgan fingerprint density at radius 1 is 1.48 bits per heavy atom. The molecule has 1 saturated heterocycles. The van der Waals surface area contributed by atoms with Crippen LogP contribution in [0.1, 0.15) is 37.0 Å². The first-order valence-electron chi connectivity index (χ1n) is 7.50. The van der Waals surface area contributed by atoms with E-state index in [1.165, 1.54) is 12.8 Å². The third-order valence-corrected chi connectivity index (χ3v) is 3.83. The van der Waals surface area contributed by atoms with Crippen LogP contribution in [0.5, 0.6) is 0 Å². The Morgan fingerprint density at radius 2 is 2.29 bits per heavy atom. The van der Waals surface area contributed by atoms with E-state index < -0.39 is 0 Å². The highest BCUT2D eigenvalue weighted by Gasteiger charge is 2.26. The highest BCUT2D eigenvalue weighted by atomic mass is 16.5. The molecule has 2 rings (SSSR count). The minimum absolute atomic E-state index is 0.106. The van der Waals surface area contributed by atoms with Gasteiger partial charge in [-0.15, -0.1) is 0 Å². The molecule has 0 radical (unpaired) electrons. The second-order valence-corrected chi connectivity index (χ2v) is 6.34. The summed E-state index contributed by atoms with van der Waals surface area (Å²) in [5.41, 5.74) is 0.918. The number of pyridine rings is 1. The summed E-state index contributed by atoms with van der Waals surface area (Å²) >= 11 is 0.